The molecule has 0 fully saturated rings. The maximum atomic E-state index is 10.7. The summed E-state index contributed by atoms with van der Waals surface area (Å²) in [6.45, 7) is 1.27. The summed E-state index contributed by atoms with van der Waals surface area (Å²) in [7, 11) is 0. The molecular weight excluding hydrogens is 230 g/mol. The number of carbonyl (C=O) groups is 1. The van der Waals surface area contributed by atoms with Crippen LogP contribution in [0.3, 0.4) is 0 Å². The molecule has 0 unspecified atom stereocenters. The van der Waals surface area contributed by atoms with Crippen molar-refractivity contribution in [2.75, 3.05) is 6.54 Å². The Morgan fingerprint density at radius 3 is 2.61 bits per heavy atom. The summed E-state index contributed by atoms with van der Waals surface area (Å²) in [5.41, 5.74) is 7.74. The fraction of sp³-hybridized carbons (Fsp3) is 0.231. The highest BCUT2D eigenvalue weighted by molar-refractivity contribution is 5.87. The Morgan fingerprint density at radius 2 is 2.00 bits per heavy atom. The SMILES string of the molecule is NCCn1ccc(Cc2ccc(C(=O)O)cc2)n1. The number of nitrogens with two attached hydrogens (primary N) is 1. The lowest BCUT2D eigenvalue weighted by Crippen LogP contribution is -2.10. The summed E-state index contributed by atoms with van der Waals surface area (Å²) in [6.07, 6.45) is 2.59. The van der Waals surface area contributed by atoms with Gasteiger partial charge in [0, 0.05) is 19.2 Å². The Morgan fingerprint density at radius 1 is 1.28 bits per heavy atom. The number of hydrogen-bond donors (Lipinski definition) is 2. The van der Waals surface area contributed by atoms with Crippen molar-refractivity contribution in [3.63, 3.8) is 0 Å². The molecule has 3 N–H and O–H groups in total. The second kappa shape index (κ2) is 5.46. The molecule has 0 aliphatic heterocycles. The Labute approximate surface area is 105 Å². The summed E-state index contributed by atoms with van der Waals surface area (Å²) in [4.78, 5) is 10.7. The highest BCUT2D eigenvalue weighted by atomic mass is 16.4. The molecule has 0 aliphatic carbocycles. The van der Waals surface area contributed by atoms with Gasteiger partial charge in [0.1, 0.15) is 0 Å². The molecule has 0 saturated carbocycles. The highest BCUT2D eigenvalue weighted by Crippen LogP contribution is 2.09. The molecule has 0 spiro atoms. The van der Waals surface area contributed by atoms with Gasteiger partial charge < -0.3 is 10.8 Å². The number of hydrogen-bond acceptors (Lipinski definition) is 3. The minimum absolute atomic E-state index is 0.299. The highest BCUT2D eigenvalue weighted by Gasteiger charge is 2.04. The molecule has 0 saturated heterocycles. The number of aromatic carboxylic acids is 1. The largest absolute Gasteiger partial charge is 0.478 e. The number of rotatable bonds is 5. The molecule has 18 heavy (non-hydrogen) atoms. The van der Waals surface area contributed by atoms with Crippen LogP contribution in [0.1, 0.15) is 21.6 Å². The van der Waals surface area contributed by atoms with Crippen molar-refractivity contribution in [2.45, 2.75) is 13.0 Å². The van der Waals surface area contributed by atoms with Gasteiger partial charge >= 0.3 is 5.97 Å². The molecule has 5 nitrogen and oxygen atoms in total. The van der Waals surface area contributed by atoms with Crippen molar-refractivity contribution in [3.8, 4) is 0 Å². The van der Waals surface area contributed by atoms with Crippen LogP contribution in [-0.2, 0) is 13.0 Å². The molecule has 2 aromatic rings. The van der Waals surface area contributed by atoms with E-state index in [1.54, 1.807) is 16.8 Å². The molecule has 0 radical (unpaired) electrons. The van der Waals surface area contributed by atoms with Gasteiger partial charge in [-0.15, -0.1) is 0 Å². The van der Waals surface area contributed by atoms with Crippen LogP contribution in [-0.4, -0.2) is 27.4 Å². The maximum Gasteiger partial charge on any atom is 0.335 e. The quantitative estimate of drug-likeness (QED) is 0.827. The summed E-state index contributed by atoms with van der Waals surface area (Å²) in [5, 5.41) is 13.2. The van der Waals surface area contributed by atoms with Gasteiger partial charge in [0.05, 0.1) is 17.8 Å². The van der Waals surface area contributed by atoms with E-state index in [1.807, 2.05) is 24.4 Å². The van der Waals surface area contributed by atoms with Crippen LogP contribution in [0.5, 0.6) is 0 Å². The predicted octanol–water partition coefficient (Wildman–Crippen LogP) is 1.13. The first kappa shape index (κ1) is 12.3. The van der Waals surface area contributed by atoms with E-state index in [9.17, 15) is 4.79 Å². The van der Waals surface area contributed by atoms with Crippen LogP contribution in [0, 0.1) is 0 Å². The van der Waals surface area contributed by atoms with Crippen LogP contribution in [0.25, 0.3) is 0 Å². The van der Waals surface area contributed by atoms with Gasteiger partial charge in [-0.05, 0) is 23.8 Å². The molecule has 0 amide bonds. The zero-order valence-electron chi connectivity index (χ0n) is 9.91. The third kappa shape index (κ3) is 2.95. The minimum Gasteiger partial charge on any atom is -0.478 e. The first-order valence-electron chi connectivity index (χ1n) is 5.73. The molecule has 5 heteroatoms. The van der Waals surface area contributed by atoms with E-state index in [4.69, 9.17) is 10.8 Å². The molecule has 2 rings (SSSR count). The van der Waals surface area contributed by atoms with Crippen LogP contribution in [0.2, 0.25) is 0 Å². The fourth-order valence-electron chi connectivity index (χ4n) is 1.73. The van der Waals surface area contributed by atoms with Gasteiger partial charge in [0.15, 0.2) is 0 Å². The second-order valence-electron chi connectivity index (χ2n) is 4.04. The smallest absolute Gasteiger partial charge is 0.335 e. The zero-order chi connectivity index (χ0) is 13.0. The Bertz CT molecular complexity index is 531. The van der Waals surface area contributed by atoms with Gasteiger partial charge in [-0.25, -0.2) is 4.79 Å². The van der Waals surface area contributed by atoms with Crippen LogP contribution in [0.15, 0.2) is 36.5 Å². The van der Waals surface area contributed by atoms with E-state index < -0.39 is 5.97 Å². The molecule has 1 aromatic heterocycles. The number of aromatic nitrogens is 2. The van der Waals surface area contributed by atoms with Crippen molar-refractivity contribution in [1.29, 1.82) is 0 Å². The van der Waals surface area contributed by atoms with E-state index in [0.29, 0.717) is 25.1 Å². The first-order valence-corrected chi connectivity index (χ1v) is 5.73. The Kier molecular flexibility index (Phi) is 3.74. The summed E-state index contributed by atoms with van der Waals surface area (Å²) >= 11 is 0. The topological polar surface area (TPSA) is 81.1 Å². The van der Waals surface area contributed by atoms with E-state index in [-0.39, 0.29) is 0 Å². The maximum absolute atomic E-state index is 10.7. The molecule has 0 aliphatic rings. The lowest BCUT2D eigenvalue weighted by atomic mass is 10.1. The summed E-state index contributed by atoms with van der Waals surface area (Å²) in [6, 6.07) is 8.78. The Balaban J connectivity index is 2.06. The number of carboxylic acids is 1. The van der Waals surface area contributed by atoms with Crippen molar-refractivity contribution >= 4 is 5.97 Å². The monoisotopic (exact) mass is 245 g/mol. The van der Waals surface area contributed by atoms with E-state index in [1.165, 1.54) is 0 Å². The average Bonchev–Trinajstić information content (AvgIpc) is 2.78. The third-order valence-electron chi connectivity index (χ3n) is 2.64. The summed E-state index contributed by atoms with van der Waals surface area (Å²) in [5.74, 6) is -0.909. The molecule has 0 atom stereocenters. The normalized spacial score (nSPS) is 10.5. The van der Waals surface area contributed by atoms with E-state index >= 15 is 0 Å². The zero-order valence-corrected chi connectivity index (χ0v) is 9.91. The predicted molar refractivity (Wildman–Crippen MR) is 67.5 cm³/mol. The van der Waals surface area contributed by atoms with Gasteiger partial charge in [0.2, 0.25) is 0 Å². The van der Waals surface area contributed by atoms with Gasteiger partial charge in [-0.3, -0.25) is 4.68 Å². The third-order valence-corrected chi connectivity index (χ3v) is 2.64. The molecule has 1 aromatic carbocycles. The van der Waals surface area contributed by atoms with Crippen LogP contribution < -0.4 is 5.73 Å². The van der Waals surface area contributed by atoms with Crippen LogP contribution >= 0.6 is 0 Å². The summed E-state index contributed by atoms with van der Waals surface area (Å²) < 4.78 is 1.81. The number of nitrogens with zero attached hydrogens (tertiary/aromatic N) is 2. The van der Waals surface area contributed by atoms with Crippen LogP contribution in [0.4, 0.5) is 0 Å². The Hall–Kier alpha value is -2.14. The second-order valence-corrected chi connectivity index (χ2v) is 4.04. The van der Waals surface area contributed by atoms with Crippen molar-refractivity contribution in [1.82, 2.24) is 9.78 Å². The lowest BCUT2D eigenvalue weighted by molar-refractivity contribution is 0.0697. The average molecular weight is 245 g/mol. The fourth-order valence-corrected chi connectivity index (χ4v) is 1.73. The molecule has 1 heterocycles. The molecule has 94 valence electrons. The molecular formula is C13H15N3O2. The van der Waals surface area contributed by atoms with E-state index in [0.717, 1.165) is 11.3 Å². The van der Waals surface area contributed by atoms with Gasteiger partial charge in [-0.2, -0.15) is 5.10 Å². The number of carboxylic acid groups (broad SMARTS) is 1. The number of benzene rings is 1. The molecule has 0 bridgehead atoms. The van der Waals surface area contributed by atoms with Crippen molar-refractivity contribution < 1.29 is 9.90 Å². The first-order chi connectivity index (χ1) is 8.69. The van der Waals surface area contributed by atoms with E-state index in [2.05, 4.69) is 5.10 Å². The van der Waals surface area contributed by atoms with Gasteiger partial charge in [0.25, 0.3) is 0 Å². The van der Waals surface area contributed by atoms with Gasteiger partial charge in [-0.1, -0.05) is 12.1 Å². The van der Waals surface area contributed by atoms with Crippen molar-refractivity contribution in [2.24, 2.45) is 5.73 Å². The van der Waals surface area contributed by atoms with Crippen molar-refractivity contribution in [3.05, 3.63) is 53.3 Å². The standard InChI is InChI=1S/C13H15N3O2/c14-6-8-16-7-5-12(15-16)9-10-1-3-11(4-2-10)13(17)18/h1-5,7H,6,8-9,14H2,(H,17,18). The lowest BCUT2D eigenvalue weighted by Gasteiger charge is -2.00. The minimum atomic E-state index is -0.909.